The smallest absolute Gasteiger partial charge is 0.339 e. The van der Waals surface area contributed by atoms with E-state index in [-0.39, 0.29) is 0 Å². The molecule has 0 aliphatic carbocycles. The third-order valence-corrected chi connectivity index (χ3v) is 5.06. The van der Waals surface area contributed by atoms with Gasteiger partial charge in [-0.15, -0.1) is 0 Å². The van der Waals surface area contributed by atoms with Crippen LogP contribution in [0.2, 0.25) is 6.55 Å². The molecule has 0 aliphatic rings. The summed E-state index contributed by atoms with van der Waals surface area (Å²) in [5, 5.41) is 0. The average molecular weight is 210 g/mol. The Labute approximate surface area is 87.1 Å². The lowest BCUT2D eigenvalue weighted by atomic mass is 10.2. The monoisotopic (exact) mass is 210 g/mol. The molecular formula is C11H18O2Si. The van der Waals surface area contributed by atoms with E-state index in [0.717, 1.165) is 12.7 Å². The van der Waals surface area contributed by atoms with Crippen LogP contribution in [0.5, 0.6) is 0 Å². The first kappa shape index (κ1) is 11.4. The molecule has 14 heavy (non-hydrogen) atoms. The van der Waals surface area contributed by atoms with Crippen molar-refractivity contribution < 1.29 is 8.85 Å². The maximum atomic E-state index is 5.70. The van der Waals surface area contributed by atoms with Gasteiger partial charge in [-0.05, 0) is 19.0 Å². The highest BCUT2D eigenvalue weighted by atomic mass is 28.4. The van der Waals surface area contributed by atoms with Crippen molar-refractivity contribution >= 4 is 8.56 Å². The standard InChI is InChI=1S/C11H18O2Si/c1-4-13-14(3,12-2)10-11-8-6-5-7-9-11/h5-9H,4,10H2,1-3H3. The lowest BCUT2D eigenvalue weighted by Gasteiger charge is -2.24. The van der Waals surface area contributed by atoms with Gasteiger partial charge in [0.25, 0.3) is 0 Å². The minimum Gasteiger partial charge on any atom is -0.398 e. The molecule has 0 amide bonds. The highest BCUT2D eigenvalue weighted by Gasteiger charge is 2.29. The van der Waals surface area contributed by atoms with Gasteiger partial charge in [0.2, 0.25) is 0 Å². The Hall–Kier alpha value is -0.643. The molecule has 0 fully saturated rings. The number of hydrogen-bond donors (Lipinski definition) is 0. The zero-order valence-electron chi connectivity index (χ0n) is 9.12. The lowest BCUT2D eigenvalue weighted by molar-refractivity contribution is 0.214. The van der Waals surface area contributed by atoms with Crippen LogP contribution in [0, 0.1) is 0 Å². The third kappa shape index (κ3) is 3.25. The van der Waals surface area contributed by atoms with Gasteiger partial charge in [0.15, 0.2) is 0 Å². The van der Waals surface area contributed by atoms with Gasteiger partial charge in [-0.3, -0.25) is 0 Å². The Morgan fingerprint density at radius 1 is 1.21 bits per heavy atom. The van der Waals surface area contributed by atoms with Crippen LogP contribution in [0.3, 0.4) is 0 Å². The Morgan fingerprint density at radius 2 is 1.86 bits per heavy atom. The van der Waals surface area contributed by atoms with E-state index in [1.807, 2.05) is 25.1 Å². The molecule has 1 unspecified atom stereocenters. The first-order valence-electron chi connectivity index (χ1n) is 4.93. The van der Waals surface area contributed by atoms with Crippen molar-refractivity contribution in [3.05, 3.63) is 35.9 Å². The highest BCUT2D eigenvalue weighted by Crippen LogP contribution is 2.13. The van der Waals surface area contributed by atoms with Gasteiger partial charge < -0.3 is 8.85 Å². The molecule has 0 bridgehead atoms. The number of benzene rings is 1. The van der Waals surface area contributed by atoms with Gasteiger partial charge in [0.1, 0.15) is 0 Å². The van der Waals surface area contributed by atoms with Crippen LogP contribution >= 0.6 is 0 Å². The van der Waals surface area contributed by atoms with E-state index in [1.54, 1.807) is 7.11 Å². The van der Waals surface area contributed by atoms with Crippen LogP contribution in [0.4, 0.5) is 0 Å². The van der Waals surface area contributed by atoms with E-state index in [2.05, 4.69) is 18.7 Å². The largest absolute Gasteiger partial charge is 0.398 e. The summed E-state index contributed by atoms with van der Waals surface area (Å²) in [5.41, 5.74) is 1.29. The zero-order chi connectivity index (χ0) is 10.4. The molecule has 0 saturated carbocycles. The summed E-state index contributed by atoms with van der Waals surface area (Å²) in [6.07, 6.45) is 0. The summed E-state index contributed by atoms with van der Waals surface area (Å²) < 4.78 is 11.2. The van der Waals surface area contributed by atoms with Crippen molar-refractivity contribution in [2.24, 2.45) is 0 Å². The molecular weight excluding hydrogens is 192 g/mol. The van der Waals surface area contributed by atoms with Crippen LogP contribution in [0.1, 0.15) is 12.5 Å². The van der Waals surface area contributed by atoms with E-state index in [1.165, 1.54) is 5.56 Å². The van der Waals surface area contributed by atoms with Crippen LogP contribution < -0.4 is 0 Å². The van der Waals surface area contributed by atoms with E-state index < -0.39 is 8.56 Å². The maximum absolute atomic E-state index is 5.70. The minimum atomic E-state index is -1.96. The SMILES string of the molecule is CCO[Si](C)(Cc1ccccc1)OC. The fraction of sp³-hybridized carbons (Fsp3) is 0.455. The molecule has 1 atom stereocenters. The van der Waals surface area contributed by atoms with Crippen molar-refractivity contribution in [1.82, 2.24) is 0 Å². The van der Waals surface area contributed by atoms with Crippen LogP contribution in [-0.4, -0.2) is 22.3 Å². The van der Waals surface area contributed by atoms with Gasteiger partial charge in [-0.25, -0.2) is 0 Å². The topological polar surface area (TPSA) is 18.5 Å². The predicted molar refractivity (Wildman–Crippen MR) is 60.4 cm³/mol. The van der Waals surface area contributed by atoms with Gasteiger partial charge in [0, 0.05) is 19.8 Å². The first-order valence-corrected chi connectivity index (χ1v) is 7.45. The van der Waals surface area contributed by atoms with Gasteiger partial charge in [-0.2, -0.15) is 0 Å². The molecule has 3 heteroatoms. The second-order valence-corrected chi connectivity index (χ2v) is 6.75. The normalized spacial score (nSPS) is 15.1. The molecule has 1 rings (SSSR count). The zero-order valence-corrected chi connectivity index (χ0v) is 10.1. The molecule has 0 heterocycles. The maximum Gasteiger partial charge on any atom is 0.339 e. The Morgan fingerprint density at radius 3 is 2.36 bits per heavy atom. The molecule has 0 radical (unpaired) electrons. The second-order valence-electron chi connectivity index (χ2n) is 3.43. The van der Waals surface area contributed by atoms with Crippen molar-refractivity contribution in [2.45, 2.75) is 19.5 Å². The van der Waals surface area contributed by atoms with E-state index >= 15 is 0 Å². The van der Waals surface area contributed by atoms with Gasteiger partial charge in [-0.1, -0.05) is 30.3 Å². The predicted octanol–water partition coefficient (Wildman–Crippen LogP) is 2.52. The molecule has 0 saturated heterocycles. The van der Waals surface area contributed by atoms with Crippen molar-refractivity contribution in [2.75, 3.05) is 13.7 Å². The summed E-state index contributed by atoms with van der Waals surface area (Å²) in [5.74, 6) is 0. The summed E-state index contributed by atoms with van der Waals surface area (Å²) in [6.45, 7) is 4.84. The lowest BCUT2D eigenvalue weighted by Crippen LogP contribution is -2.40. The molecule has 2 nitrogen and oxygen atoms in total. The van der Waals surface area contributed by atoms with Crippen LogP contribution in [0.15, 0.2) is 30.3 Å². The molecule has 78 valence electrons. The number of hydrogen-bond acceptors (Lipinski definition) is 2. The highest BCUT2D eigenvalue weighted by molar-refractivity contribution is 6.65. The fourth-order valence-corrected chi connectivity index (χ4v) is 3.41. The first-order chi connectivity index (χ1) is 6.70. The molecule has 1 aromatic carbocycles. The third-order valence-electron chi connectivity index (χ3n) is 2.25. The van der Waals surface area contributed by atoms with Crippen LogP contribution in [0.25, 0.3) is 0 Å². The summed E-state index contributed by atoms with van der Waals surface area (Å²) in [4.78, 5) is 0. The molecule has 0 N–H and O–H groups in total. The van der Waals surface area contributed by atoms with Gasteiger partial charge >= 0.3 is 8.56 Å². The average Bonchev–Trinajstić information content (AvgIpc) is 2.20. The van der Waals surface area contributed by atoms with E-state index in [4.69, 9.17) is 8.85 Å². The Kier molecular flexibility index (Phi) is 4.32. The quantitative estimate of drug-likeness (QED) is 0.695. The molecule has 0 aromatic heterocycles. The Bertz CT molecular complexity index is 263. The minimum absolute atomic E-state index is 0.726. The van der Waals surface area contributed by atoms with Crippen molar-refractivity contribution in [3.63, 3.8) is 0 Å². The molecule has 0 spiro atoms. The number of rotatable bonds is 5. The van der Waals surface area contributed by atoms with E-state index in [9.17, 15) is 0 Å². The van der Waals surface area contributed by atoms with Crippen molar-refractivity contribution in [3.8, 4) is 0 Å². The summed E-state index contributed by atoms with van der Waals surface area (Å²) in [6, 6.07) is 11.3. The van der Waals surface area contributed by atoms with Crippen LogP contribution in [-0.2, 0) is 14.9 Å². The summed E-state index contributed by atoms with van der Waals surface area (Å²) >= 11 is 0. The summed E-state index contributed by atoms with van der Waals surface area (Å²) in [7, 11) is -0.223. The second kappa shape index (κ2) is 5.29. The van der Waals surface area contributed by atoms with E-state index in [0.29, 0.717) is 0 Å². The van der Waals surface area contributed by atoms with Crippen molar-refractivity contribution in [1.29, 1.82) is 0 Å². The fourth-order valence-electron chi connectivity index (χ4n) is 1.45. The Balaban J connectivity index is 2.65. The molecule has 0 aliphatic heterocycles. The van der Waals surface area contributed by atoms with Gasteiger partial charge in [0.05, 0.1) is 0 Å². The molecule has 1 aromatic rings.